The number of ether oxygens (including phenoxy) is 1. The van der Waals surface area contributed by atoms with Crippen molar-refractivity contribution in [3.8, 4) is 11.3 Å². The van der Waals surface area contributed by atoms with Gasteiger partial charge in [0.15, 0.2) is 0 Å². The maximum Gasteiger partial charge on any atom is 0.410 e. The number of nitrogens with zero attached hydrogens (tertiary/aromatic N) is 4. The predicted molar refractivity (Wildman–Crippen MR) is 97.7 cm³/mol. The van der Waals surface area contributed by atoms with Crippen LogP contribution >= 0.6 is 0 Å². The van der Waals surface area contributed by atoms with Gasteiger partial charge in [0.1, 0.15) is 11.3 Å². The summed E-state index contributed by atoms with van der Waals surface area (Å²) in [7, 11) is 3.22. The molecule has 0 spiro atoms. The molecule has 0 bridgehead atoms. The molecule has 0 N–H and O–H groups in total. The molecule has 8 nitrogen and oxygen atoms in total. The molecule has 0 fully saturated rings. The molecule has 2 rings (SSSR count). The van der Waals surface area contributed by atoms with Crippen molar-refractivity contribution in [2.75, 3.05) is 7.05 Å². The van der Waals surface area contributed by atoms with E-state index in [0.29, 0.717) is 5.56 Å². The van der Waals surface area contributed by atoms with Crippen LogP contribution in [0.25, 0.3) is 11.3 Å². The van der Waals surface area contributed by atoms with E-state index in [9.17, 15) is 19.3 Å². The maximum absolute atomic E-state index is 14.6. The molecule has 1 amide bonds. The normalized spacial score (nSPS) is 12.6. The lowest BCUT2D eigenvalue weighted by Crippen LogP contribution is -2.35. The molecule has 1 aromatic heterocycles. The average Bonchev–Trinajstić information content (AvgIpc) is 2.93. The highest BCUT2D eigenvalue weighted by Gasteiger charge is 2.29. The van der Waals surface area contributed by atoms with Crippen LogP contribution in [-0.2, 0) is 11.8 Å². The SMILES string of the molecule is CC(c1cn(C)nc1-c1cccc([N+](=O)[O-])c1F)N(C)C(=O)OC(C)(C)C. The van der Waals surface area contributed by atoms with Crippen molar-refractivity contribution in [2.24, 2.45) is 7.05 Å². The summed E-state index contributed by atoms with van der Waals surface area (Å²) in [5.74, 6) is -0.963. The highest BCUT2D eigenvalue weighted by molar-refractivity contribution is 5.71. The fourth-order valence-electron chi connectivity index (χ4n) is 2.57. The van der Waals surface area contributed by atoms with Gasteiger partial charge < -0.3 is 9.64 Å². The Kier molecular flexibility index (Phi) is 5.53. The van der Waals surface area contributed by atoms with Crippen molar-refractivity contribution in [3.05, 3.63) is 45.9 Å². The number of carbonyl (C=O) groups is 1. The van der Waals surface area contributed by atoms with Crippen molar-refractivity contribution in [3.63, 3.8) is 0 Å². The minimum absolute atomic E-state index is 0.00392. The summed E-state index contributed by atoms with van der Waals surface area (Å²) in [6.45, 7) is 7.03. The van der Waals surface area contributed by atoms with E-state index in [1.807, 2.05) is 0 Å². The third kappa shape index (κ3) is 4.42. The first-order valence-electron chi connectivity index (χ1n) is 8.35. The van der Waals surface area contributed by atoms with Gasteiger partial charge in [0.05, 0.1) is 11.0 Å². The number of nitro benzene ring substituents is 1. The summed E-state index contributed by atoms with van der Waals surface area (Å²) >= 11 is 0. The molecule has 0 saturated heterocycles. The first kappa shape index (κ1) is 20.3. The third-order valence-corrected chi connectivity index (χ3v) is 4.00. The van der Waals surface area contributed by atoms with Gasteiger partial charge in [0.2, 0.25) is 5.82 Å². The summed E-state index contributed by atoms with van der Waals surface area (Å²) in [4.78, 5) is 24.0. The lowest BCUT2D eigenvalue weighted by atomic mass is 10.0. The summed E-state index contributed by atoms with van der Waals surface area (Å²) in [5, 5.41) is 15.3. The Hall–Kier alpha value is -2.97. The molecule has 0 aliphatic heterocycles. The molecule has 2 aromatic rings. The number of rotatable bonds is 4. The number of hydrogen-bond acceptors (Lipinski definition) is 5. The second-order valence-corrected chi connectivity index (χ2v) is 7.27. The molecular weight excluding hydrogens is 355 g/mol. The van der Waals surface area contributed by atoms with Crippen LogP contribution in [0.1, 0.15) is 39.3 Å². The monoisotopic (exact) mass is 378 g/mol. The van der Waals surface area contributed by atoms with Crippen LogP contribution in [0.5, 0.6) is 0 Å². The molecule has 1 heterocycles. The topological polar surface area (TPSA) is 90.5 Å². The van der Waals surface area contributed by atoms with E-state index in [2.05, 4.69) is 5.10 Å². The molecule has 0 saturated carbocycles. The van der Waals surface area contributed by atoms with Crippen LogP contribution < -0.4 is 0 Å². The van der Waals surface area contributed by atoms with Gasteiger partial charge in [-0.3, -0.25) is 14.8 Å². The predicted octanol–water partition coefficient (Wildman–Crippen LogP) is 4.06. The highest BCUT2D eigenvalue weighted by atomic mass is 19.1. The number of hydrogen-bond donors (Lipinski definition) is 0. The first-order valence-corrected chi connectivity index (χ1v) is 8.35. The van der Waals surface area contributed by atoms with Crippen LogP contribution in [0.4, 0.5) is 14.9 Å². The third-order valence-electron chi connectivity index (χ3n) is 4.00. The van der Waals surface area contributed by atoms with Gasteiger partial charge in [-0.15, -0.1) is 0 Å². The number of aromatic nitrogens is 2. The zero-order chi connectivity index (χ0) is 20.5. The Morgan fingerprint density at radius 3 is 2.59 bits per heavy atom. The Morgan fingerprint density at radius 2 is 2.04 bits per heavy atom. The van der Waals surface area contributed by atoms with Gasteiger partial charge in [-0.1, -0.05) is 6.07 Å². The van der Waals surface area contributed by atoms with Gasteiger partial charge in [0.25, 0.3) is 0 Å². The number of aryl methyl sites for hydroxylation is 1. The Bertz CT molecular complexity index is 873. The summed E-state index contributed by atoms with van der Waals surface area (Å²) in [6.07, 6.45) is 1.11. The zero-order valence-corrected chi connectivity index (χ0v) is 16.2. The second-order valence-electron chi connectivity index (χ2n) is 7.27. The molecule has 0 aliphatic rings. The van der Waals surface area contributed by atoms with Crippen LogP contribution in [0, 0.1) is 15.9 Å². The largest absolute Gasteiger partial charge is 0.444 e. The fourth-order valence-corrected chi connectivity index (χ4v) is 2.57. The van der Waals surface area contributed by atoms with E-state index < -0.39 is 34.2 Å². The van der Waals surface area contributed by atoms with Crippen LogP contribution in [0.2, 0.25) is 0 Å². The van der Waals surface area contributed by atoms with Crippen molar-refractivity contribution in [1.29, 1.82) is 0 Å². The molecule has 1 atom stereocenters. The van der Waals surface area contributed by atoms with Crippen molar-refractivity contribution in [2.45, 2.75) is 39.3 Å². The molecule has 27 heavy (non-hydrogen) atoms. The smallest absolute Gasteiger partial charge is 0.410 e. The minimum Gasteiger partial charge on any atom is -0.444 e. The maximum atomic E-state index is 14.6. The summed E-state index contributed by atoms with van der Waals surface area (Å²) < 4.78 is 21.5. The van der Waals surface area contributed by atoms with E-state index in [-0.39, 0.29) is 11.3 Å². The highest BCUT2D eigenvalue weighted by Crippen LogP contribution is 2.34. The molecule has 0 aliphatic carbocycles. The summed E-state index contributed by atoms with van der Waals surface area (Å²) in [5.41, 5.74) is -0.497. The second kappa shape index (κ2) is 7.34. The van der Waals surface area contributed by atoms with E-state index in [1.165, 1.54) is 21.7 Å². The Balaban J connectivity index is 2.46. The van der Waals surface area contributed by atoms with Gasteiger partial charge in [-0.2, -0.15) is 9.49 Å². The zero-order valence-electron chi connectivity index (χ0n) is 16.2. The van der Waals surface area contributed by atoms with Crippen LogP contribution in [-0.4, -0.2) is 38.3 Å². The average molecular weight is 378 g/mol. The molecular formula is C18H23FN4O4. The molecule has 1 aromatic carbocycles. The molecule has 9 heteroatoms. The molecule has 1 unspecified atom stereocenters. The quantitative estimate of drug-likeness (QED) is 0.591. The van der Waals surface area contributed by atoms with Crippen molar-refractivity contribution >= 4 is 11.8 Å². The molecule has 0 radical (unpaired) electrons. The standard InChI is InChI=1S/C18H23FN4O4/c1-11(22(6)17(24)27-18(2,3)4)13-10-21(5)20-16(13)12-8-7-9-14(15(12)19)23(25)26/h7-11H,1-6H3. The summed E-state index contributed by atoms with van der Waals surface area (Å²) in [6, 6.07) is 3.42. The van der Waals surface area contributed by atoms with E-state index in [1.54, 1.807) is 48.0 Å². The van der Waals surface area contributed by atoms with E-state index in [0.717, 1.165) is 6.07 Å². The fraction of sp³-hybridized carbons (Fsp3) is 0.444. The lowest BCUT2D eigenvalue weighted by molar-refractivity contribution is -0.387. The number of halogens is 1. The number of carbonyl (C=O) groups excluding carboxylic acids is 1. The Morgan fingerprint density at radius 1 is 1.41 bits per heavy atom. The van der Waals surface area contributed by atoms with Gasteiger partial charge in [-0.25, -0.2) is 4.79 Å². The molecule has 146 valence electrons. The van der Waals surface area contributed by atoms with Crippen LogP contribution in [0.3, 0.4) is 0 Å². The van der Waals surface area contributed by atoms with E-state index >= 15 is 0 Å². The number of benzene rings is 1. The minimum atomic E-state index is -0.963. The van der Waals surface area contributed by atoms with Gasteiger partial charge in [0, 0.05) is 37.5 Å². The van der Waals surface area contributed by atoms with E-state index in [4.69, 9.17) is 4.74 Å². The van der Waals surface area contributed by atoms with Crippen LogP contribution in [0.15, 0.2) is 24.4 Å². The first-order chi connectivity index (χ1) is 12.4. The van der Waals surface area contributed by atoms with Crippen molar-refractivity contribution < 1.29 is 18.8 Å². The number of amides is 1. The lowest BCUT2D eigenvalue weighted by Gasteiger charge is -2.28. The van der Waals surface area contributed by atoms with Crippen molar-refractivity contribution in [1.82, 2.24) is 14.7 Å². The van der Waals surface area contributed by atoms with Gasteiger partial charge in [-0.05, 0) is 33.8 Å². The number of nitro groups is 1. The van der Waals surface area contributed by atoms with Gasteiger partial charge >= 0.3 is 11.8 Å². The Labute approximate surface area is 156 Å².